The van der Waals surface area contributed by atoms with Gasteiger partial charge in [0.25, 0.3) is 0 Å². The second kappa shape index (κ2) is 3.66. The summed E-state index contributed by atoms with van der Waals surface area (Å²) < 4.78 is 12.3. The molecule has 16 heavy (non-hydrogen) atoms. The zero-order valence-electron chi connectivity index (χ0n) is 8.66. The van der Waals surface area contributed by atoms with E-state index in [2.05, 4.69) is 34.7 Å². The van der Waals surface area contributed by atoms with Crippen molar-refractivity contribution < 1.29 is 9.15 Å². The smallest absolute Gasteiger partial charge is 0.177 e. The summed E-state index contributed by atoms with van der Waals surface area (Å²) in [6, 6.07) is 12.1. The first-order valence-corrected chi connectivity index (χ1v) is 6.02. The summed E-state index contributed by atoms with van der Waals surface area (Å²) in [5, 5.41) is 2.24. The molecule has 0 aliphatic carbocycles. The number of halogens is 1. The van der Waals surface area contributed by atoms with Crippen molar-refractivity contribution in [3.8, 4) is 5.75 Å². The highest BCUT2D eigenvalue weighted by molar-refractivity contribution is 14.1. The maximum Gasteiger partial charge on any atom is 0.177 e. The van der Waals surface area contributed by atoms with Gasteiger partial charge >= 0.3 is 0 Å². The molecule has 80 valence electrons. The van der Waals surface area contributed by atoms with Crippen LogP contribution >= 0.6 is 22.6 Å². The van der Waals surface area contributed by atoms with Crippen LogP contribution in [0.15, 0.2) is 40.8 Å². The first kappa shape index (κ1) is 9.96. The van der Waals surface area contributed by atoms with Gasteiger partial charge < -0.3 is 9.15 Å². The molecule has 2 nitrogen and oxygen atoms in total. The van der Waals surface area contributed by atoms with Gasteiger partial charge in [-0.3, -0.25) is 0 Å². The van der Waals surface area contributed by atoms with E-state index < -0.39 is 0 Å². The third-order valence-electron chi connectivity index (χ3n) is 2.63. The van der Waals surface area contributed by atoms with Gasteiger partial charge in [0.15, 0.2) is 11.3 Å². The van der Waals surface area contributed by atoms with Crippen molar-refractivity contribution in [3.63, 3.8) is 0 Å². The van der Waals surface area contributed by atoms with Crippen LogP contribution in [0.5, 0.6) is 5.75 Å². The summed E-state index contributed by atoms with van der Waals surface area (Å²) in [7, 11) is 1.66. The Morgan fingerprint density at radius 1 is 1.12 bits per heavy atom. The van der Waals surface area contributed by atoms with Crippen LogP contribution in [0.1, 0.15) is 0 Å². The van der Waals surface area contributed by atoms with Crippen LogP contribution in [0, 0.1) is 3.57 Å². The van der Waals surface area contributed by atoms with Crippen LogP contribution in [-0.4, -0.2) is 7.11 Å². The molecule has 3 heteroatoms. The monoisotopic (exact) mass is 324 g/mol. The Labute approximate surface area is 106 Å². The highest BCUT2D eigenvalue weighted by atomic mass is 127. The standard InChI is InChI=1S/C13H9IO2/c1-15-12-7-8(14)6-10-9-4-2-3-5-11(9)16-13(10)12/h2-7H,1H3. The quantitative estimate of drug-likeness (QED) is 0.626. The predicted octanol–water partition coefficient (Wildman–Crippen LogP) is 4.20. The number of hydrogen-bond acceptors (Lipinski definition) is 2. The van der Waals surface area contributed by atoms with Gasteiger partial charge in [0, 0.05) is 14.3 Å². The molecule has 0 atom stereocenters. The lowest BCUT2D eigenvalue weighted by atomic mass is 10.1. The number of ether oxygens (including phenoxy) is 1. The van der Waals surface area contributed by atoms with Gasteiger partial charge in [-0.2, -0.15) is 0 Å². The molecule has 3 aromatic rings. The van der Waals surface area contributed by atoms with Crippen molar-refractivity contribution in [1.29, 1.82) is 0 Å². The second-order valence-electron chi connectivity index (χ2n) is 3.58. The fraction of sp³-hybridized carbons (Fsp3) is 0.0769. The summed E-state index contributed by atoms with van der Waals surface area (Å²) in [5.74, 6) is 0.790. The van der Waals surface area contributed by atoms with Gasteiger partial charge in [-0.05, 0) is 40.8 Å². The summed E-state index contributed by atoms with van der Waals surface area (Å²) >= 11 is 2.29. The van der Waals surface area contributed by atoms with Gasteiger partial charge in [-0.15, -0.1) is 0 Å². The number of fused-ring (bicyclic) bond motifs is 3. The van der Waals surface area contributed by atoms with Crippen molar-refractivity contribution in [1.82, 2.24) is 0 Å². The Morgan fingerprint density at radius 2 is 1.94 bits per heavy atom. The average molecular weight is 324 g/mol. The Morgan fingerprint density at radius 3 is 2.75 bits per heavy atom. The molecule has 0 saturated carbocycles. The minimum Gasteiger partial charge on any atom is -0.493 e. The second-order valence-corrected chi connectivity index (χ2v) is 4.83. The number of hydrogen-bond donors (Lipinski definition) is 0. The SMILES string of the molecule is COc1cc(I)cc2c1oc1ccccc12. The molecule has 0 spiro atoms. The van der Waals surface area contributed by atoms with E-state index >= 15 is 0 Å². The fourth-order valence-corrected chi connectivity index (χ4v) is 2.51. The highest BCUT2D eigenvalue weighted by Crippen LogP contribution is 2.35. The molecule has 0 radical (unpaired) electrons. The molecule has 2 aromatic carbocycles. The van der Waals surface area contributed by atoms with E-state index in [1.54, 1.807) is 7.11 Å². The molecule has 0 fully saturated rings. The molecule has 1 aromatic heterocycles. The fourth-order valence-electron chi connectivity index (χ4n) is 1.91. The summed E-state index contributed by atoms with van der Waals surface area (Å²) in [4.78, 5) is 0. The van der Waals surface area contributed by atoms with Crippen molar-refractivity contribution in [2.75, 3.05) is 7.11 Å². The van der Waals surface area contributed by atoms with E-state index in [0.29, 0.717) is 0 Å². The predicted molar refractivity (Wildman–Crippen MR) is 73.0 cm³/mol. The van der Waals surface area contributed by atoms with Crippen LogP contribution in [0.25, 0.3) is 21.9 Å². The first-order chi connectivity index (χ1) is 7.79. The molecule has 3 rings (SSSR count). The minimum atomic E-state index is 0.790. The van der Waals surface area contributed by atoms with Gasteiger partial charge in [0.05, 0.1) is 7.11 Å². The van der Waals surface area contributed by atoms with Crippen molar-refractivity contribution >= 4 is 44.5 Å². The number of benzene rings is 2. The van der Waals surface area contributed by atoms with E-state index in [0.717, 1.165) is 31.3 Å². The van der Waals surface area contributed by atoms with Crippen LogP contribution in [-0.2, 0) is 0 Å². The van der Waals surface area contributed by atoms with E-state index in [4.69, 9.17) is 9.15 Å². The molecule has 0 saturated heterocycles. The maximum atomic E-state index is 5.80. The lowest BCUT2D eigenvalue weighted by Gasteiger charge is -2.00. The minimum absolute atomic E-state index is 0.790. The molecule has 1 heterocycles. The zero-order chi connectivity index (χ0) is 11.1. The van der Waals surface area contributed by atoms with Gasteiger partial charge in [-0.1, -0.05) is 18.2 Å². The average Bonchev–Trinajstić information content (AvgIpc) is 2.67. The molecule has 0 amide bonds. The van der Waals surface area contributed by atoms with E-state index in [-0.39, 0.29) is 0 Å². The van der Waals surface area contributed by atoms with E-state index in [1.165, 1.54) is 0 Å². The lowest BCUT2D eigenvalue weighted by molar-refractivity contribution is 0.411. The molecular formula is C13H9IO2. The number of rotatable bonds is 1. The first-order valence-electron chi connectivity index (χ1n) is 4.94. The number of methoxy groups -OCH3 is 1. The Kier molecular flexibility index (Phi) is 2.28. The van der Waals surface area contributed by atoms with E-state index in [9.17, 15) is 0 Å². The van der Waals surface area contributed by atoms with Gasteiger partial charge in [0.1, 0.15) is 5.58 Å². The highest BCUT2D eigenvalue weighted by Gasteiger charge is 2.11. The number of para-hydroxylation sites is 1. The van der Waals surface area contributed by atoms with Crippen molar-refractivity contribution in [3.05, 3.63) is 40.0 Å². The summed E-state index contributed by atoms with van der Waals surface area (Å²) in [6.07, 6.45) is 0. The van der Waals surface area contributed by atoms with E-state index in [1.807, 2.05) is 24.3 Å². The molecule has 0 bridgehead atoms. The summed E-state index contributed by atoms with van der Waals surface area (Å²) in [6.45, 7) is 0. The largest absolute Gasteiger partial charge is 0.493 e. The zero-order valence-corrected chi connectivity index (χ0v) is 10.8. The maximum absolute atomic E-state index is 5.80. The molecule has 0 unspecified atom stereocenters. The van der Waals surface area contributed by atoms with Crippen LogP contribution in [0.2, 0.25) is 0 Å². The summed E-state index contributed by atoms with van der Waals surface area (Å²) in [5.41, 5.74) is 1.72. The Bertz CT molecular complexity index is 670. The molecule has 0 aliphatic heterocycles. The topological polar surface area (TPSA) is 22.4 Å². The van der Waals surface area contributed by atoms with Crippen LogP contribution < -0.4 is 4.74 Å². The van der Waals surface area contributed by atoms with Crippen LogP contribution in [0.3, 0.4) is 0 Å². The Balaban J connectivity index is 2.54. The van der Waals surface area contributed by atoms with Gasteiger partial charge in [0.2, 0.25) is 0 Å². The third-order valence-corrected chi connectivity index (χ3v) is 3.25. The molecule has 0 aliphatic rings. The van der Waals surface area contributed by atoms with Crippen molar-refractivity contribution in [2.24, 2.45) is 0 Å². The third kappa shape index (κ3) is 1.38. The molecular weight excluding hydrogens is 315 g/mol. The normalized spacial score (nSPS) is 11.1. The van der Waals surface area contributed by atoms with Crippen LogP contribution in [0.4, 0.5) is 0 Å². The lowest BCUT2D eigenvalue weighted by Crippen LogP contribution is -1.83. The van der Waals surface area contributed by atoms with Gasteiger partial charge in [-0.25, -0.2) is 0 Å². The van der Waals surface area contributed by atoms with Crippen molar-refractivity contribution in [2.45, 2.75) is 0 Å². The Hall–Kier alpha value is -1.23. The number of furan rings is 1. The molecule has 0 N–H and O–H groups in total.